The minimum absolute atomic E-state index is 0.370. The molecule has 2 rings (SSSR count). The highest BCUT2D eigenvalue weighted by molar-refractivity contribution is 8.00. The van der Waals surface area contributed by atoms with Gasteiger partial charge in [-0.15, -0.1) is 11.8 Å². The van der Waals surface area contributed by atoms with Crippen LogP contribution in [0.2, 0.25) is 5.02 Å². The van der Waals surface area contributed by atoms with E-state index < -0.39 is 0 Å². The van der Waals surface area contributed by atoms with Gasteiger partial charge in [0.15, 0.2) is 0 Å². The molecular formula is C11H11ClOS. The van der Waals surface area contributed by atoms with Crippen molar-refractivity contribution in [2.75, 3.05) is 5.75 Å². The number of benzene rings is 1. The quantitative estimate of drug-likeness (QED) is 0.732. The van der Waals surface area contributed by atoms with Crippen LogP contribution in [0.5, 0.6) is 0 Å². The van der Waals surface area contributed by atoms with Gasteiger partial charge in [-0.1, -0.05) is 11.6 Å². The van der Waals surface area contributed by atoms with Crippen LogP contribution in [0.25, 0.3) is 0 Å². The van der Waals surface area contributed by atoms with Crippen LogP contribution in [0.1, 0.15) is 12.8 Å². The zero-order chi connectivity index (χ0) is 9.97. The van der Waals surface area contributed by atoms with Crippen LogP contribution in [0.3, 0.4) is 0 Å². The van der Waals surface area contributed by atoms with Gasteiger partial charge >= 0.3 is 0 Å². The summed E-state index contributed by atoms with van der Waals surface area (Å²) in [6.45, 7) is 0. The van der Waals surface area contributed by atoms with Gasteiger partial charge in [0.2, 0.25) is 0 Å². The van der Waals surface area contributed by atoms with Crippen molar-refractivity contribution in [3.63, 3.8) is 0 Å². The molecule has 1 aliphatic rings. The number of thioether (sulfide) groups is 1. The van der Waals surface area contributed by atoms with E-state index in [2.05, 4.69) is 0 Å². The third kappa shape index (κ3) is 2.76. The Kier molecular flexibility index (Phi) is 3.14. The fourth-order valence-corrected chi connectivity index (χ4v) is 2.21. The van der Waals surface area contributed by atoms with Crippen molar-refractivity contribution in [2.24, 2.45) is 5.92 Å². The molecule has 1 aliphatic carbocycles. The zero-order valence-corrected chi connectivity index (χ0v) is 9.27. The first-order chi connectivity index (χ1) is 6.75. The van der Waals surface area contributed by atoms with Gasteiger partial charge < -0.3 is 0 Å². The predicted molar refractivity (Wildman–Crippen MR) is 59.9 cm³/mol. The Morgan fingerprint density at radius 3 is 2.57 bits per heavy atom. The second-order valence-corrected chi connectivity index (χ2v) is 4.97. The smallest absolute Gasteiger partial charge is 0.146 e. The number of carbonyl (C=O) groups excluding carboxylic acids is 1. The first kappa shape index (κ1) is 10.1. The minimum Gasteiger partial charge on any atom is -0.298 e. The maximum atomic E-state index is 11.4. The number of ketones is 1. The Morgan fingerprint density at radius 2 is 2.00 bits per heavy atom. The van der Waals surface area contributed by atoms with Gasteiger partial charge in [0.05, 0.1) is 5.75 Å². The molecule has 0 aliphatic heterocycles. The molecule has 0 radical (unpaired) electrons. The third-order valence-electron chi connectivity index (χ3n) is 2.23. The van der Waals surface area contributed by atoms with Gasteiger partial charge in [-0.25, -0.2) is 0 Å². The number of hydrogen-bond acceptors (Lipinski definition) is 2. The topological polar surface area (TPSA) is 17.1 Å². The molecule has 74 valence electrons. The third-order valence-corrected chi connectivity index (χ3v) is 3.51. The summed E-state index contributed by atoms with van der Waals surface area (Å²) in [6, 6.07) is 7.61. The van der Waals surface area contributed by atoms with Crippen LogP contribution in [-0.2, 0) is 4.79 Å². The van der Waals surface area contributed by atoms with Crippen LogP contribution in [0, 0.1) is 5.92 Å². The Hall–Kier alpha value is -0.470. The van der Waals surface area contributed by atoms with Crippen molar-refractivity contribution >= 4 is 29.1 Å². The average molecular weight is 227 g/mol. The van der Waals surface area contributed by atoms with Crippen molar-refractivity contribution in [3.05, 3.63) is 29.3 Å². The summed E-state index contributed by atoms with van der Waals surface area (Å²) >= 11 is 7.36. The van der Waals surface area contributed by atoms with E-state index in [0.29, 0.717) is 17.5 Å². The Morgan fingerprint density at radius 1 is 1.36 bits per heavy atom. The van der Waals surface area contributed by atoms with Crippen LogP contribution < -0.4 is 0 Å². The second kappa shape index (κ2) is 4.37. The molecule has 0 bridgehead atoms. The molecule has 0 spiro atoms. The lowest BCUT2D eigenvalue weighted by Gasteiger charge is -1.99. The van der Waals surface area contributed by atoms with Gasteiger partial charge in [-0.05, 0) is 37.1 Å². The molecule has 14 heavy (non-hydrogen) atoms. The highest BCUT2D eigenvalue weighted by atomic mass is 35.5. The second-order valence-electron chi connectivity index (χ2n) is 3.48. The van der Waals surface area contributed by atoms with Crippen LogP contribution in [0.4, 0.5) is 0 Å². The van der Waals surface area contributed by atoms with Gasteiger partial charge in [0.1, 0.15) is 5.78 Å². The van der Waals surface area contributed by atoms with Crippen molar-refractivity contribution in [1.82, 2.24) is 0 Å². The number of carbonyl (C=O) groups is 1. The molecule has 1 fully saturated rings. The van der Waals surface area contributed by atoms with Crippen LogP contribution in [0.15, 0.2) is 29.2 Å². The molecule has 0 aromatic heterocycles. The number of hydrogen-bond donors (Lipinski definition) is 0. The lowest BCUT2D eigenvalue weighted by atomic mass is 10.3. The molecule has 0 heterocycles. The highest BCUT2D eigenvalue weighted by Gasteiger charge is 2.28. The van der Waals surface area contributed by atoms with E-state index in [0.717, 1.165) is 22.8 Å². The van der Waals surface area contributed by atoms with Gasteiger partial charge in [-0.3, -0.25) is 4.79 Å². The molecular weight excluding hydrogens is 216 g/mol. The first-order valence-electron chi connectivity index (χ1n) is 4.67. The van der Waals surface area contributed by atoms with E-state index in [1.807, 2.05) is 24.3 Å². The maximum absolute atomic E-state index is 11.4. The van der Waals surface area contributed by atoms with Gasteiger partial charge in [0, 0.05) is 15.8 Å². The van der Waals surface area contributed by atoms with E-state index in [4.69, 9.17) is 11.6 Å². The van der Waals surface area contributed by atoms with Crippen molar-refractivity contribution in [2.45, 2.75) is 17.7 Å². The Bertz CT molecular complexity index is 330. The first-order valence-corrected chi connectivity index (χ1v) is 6.03. The Labute approximate surface area is 92.8 Å². The fourth-order valence-electron chi connectivity index (χ4n) is 1.21. The molecule has 0 unspecified atom stereocenters. The minimum atomic E-state index is 0.370. The normalized spacial score (nSPS) is 15.5. The number of Topliss-reactive ketones (excluding diaryl/α,β-unsaturated/α-hetero) is 1. The van der Waals surface area contributed by atoms with Crippen molar-refractivity contribution in [3.8, 4) is 0 Å². The molecule has 0 saturated heterocycles. The Balaban J connectivity index is 1.85. The van der Waals surface area contributed by atoms with E-state index in [9.17, 15) is 4.79 Å². The SMILES string of the molecule is O=C(CSc1ccc(Cl)cc1)C1CC1. The molecule has 1 nitrogen and oxygen atoms in total. The zero-order valence-electron chi connectivity index (χ0n) is 7.70. The number of halogens is 1. The fraction of sp³-hybridized carbons (Fsp3) is 0.364. The molecule has 1 aromatic rings. The monoisotopic (exact) mass is 226 g/mol. The van der Waals surface area contributed by atoms with E-state index in [1.165, 1.54) is 0 Å². The van der Waals surface area contributed by atoms with E-state index in [-0.39, 0.29) is 0 Å². The molecule has 1 aromatic carbocycles. The highest BCUT2D eigenvalue weighted by Crippen LogP contribution is 2.32. The predicted octanol–water partition coefficient (Wildman–Crippen LogP) is 3.41. The summed E-state index contributed by atoms with van der Waals surface area (Å²) < 4.78 is 0. The summed E-state index contributed by atoms with van der Waals surface area (Å²) in [5.41, 5.74) is 0. The number of rotatable bonds is 4. The molecule has 0 N–H and O–H groups in total. The molecule has 1 saturated carbocycles. The maximum Gasteiger partial charge on any atom is 0.146 e. The summed E-state index contributed by atoms with van der Waals surface area (Å²) in [5, 5.41) is 0.739. The molecule has 0 amide bonds. The lowest BCUT2D eigenvalue weighted by Crippen LogP contribution is -2.02. The van der Waals surface area contributed by atoms with E-state index >= 15 is 0 Å². The van der Waals surface area contributed by atoms with Crippen molar-refractivity contribution < 1.29 is 4.79 Å². The van der Waals surface area contributed by atoms with Crippen molar-refractivity contribution in [1.29, 1.82) is 0 Å². The molecule has 3 heteroatoms. The summed E-state index contributed by atoms with van der Waals surface area (Å²) in [5.74, 6) is 1.37. The van der Waals surface area contributed by atoms with Crippen LogP contribution >= 0.6 is 23.4 Å². The summed E-state index contributed by atoms with van der Waals surface area (Å²) in [6.07, 6.45) is 2.19. The summed E-state index contributed by atoms with van der Waals surface area (Å²) in [7, 11) is 0. The standard InChI is InChI=1S/C11H11ClOS/c12-9-3-5-10(6-4-9)14-7-11(13)8-1-2-8/h3-6,8H,1-2,7H2. The van der Waals surface area contributed by atoms with E-state index in [1.54, 1.807) is 11.8 Å². The molecule has 0 atom stereocenters. The van der Waals surface area contributed by atoms with Crippen LogP contribution in [-0.4, -0.2) is 11.5 Å². The lowest BCUT2D eigenvalue weighted by molar-refractivity contribution is -0.117. The largest absolute Gasteiger partial charge is 0.298 e. The van der Waals surface area contributed by atoms with Gasteiger partial charge in [0.25, 0.3) is 0 Å². The average Bonchev–Trinajstić information content (AvgIpc) is 3.00. The van der Waals surface area contributed by atoms with Gasteiger partial charge in [-0.2, -0.15) is 0 Å². The summed E-state index contributed by atoms with van der Waals surface area (Å²) in [4.78, 5) is 12.5.